The predicted molar refractivity (Wildman–Crippen MR) is 68.6 cm³/mol. The molecule has 0 radical (unpaired) electrons. The van der Waals surface area contributed by atoms with Gasteiger partial charge in [-0.3, -0.25) is 4.57 Å². The van der Waals surface area contributed by atoms with Gasteiger partial charge in [-0.1, -0.05) is 11.8 Å². The van der Waals surface area contributed by atoms with Gasteiger partial charge in [-0.25, -0.2) is 9.89 Å². The Morgan fingerprint density at radius 1 is 1.56 bits per heavy atom. The Morgan fingerprint density at radius 3 is 2.94 bits per heavy atom. The molecule has 0 bridgehead atoms. The minimum absolute atomic E-state index is 0.118. The zero-order chi connectivity index (χ0) is 12.0. The van der Waals surface area contributed by atoms with Gasteiger partial charge < -0.3 is 4.74 Å². The third kappa shape index (κ3) is 3.88. The van der Waals surface area contributed by atoms with Gasteiger partial charge in [-0.05, 0) is 13.8 Å². The van der Waals surface area contributed by atoms with Crippen molar-refractivity contribution in [2.24, 2.45) is 0 Å². The Hall–Kier alpha value is -0.400. The molecular weight excluding hydrogens is 246 g/mol. The minimum atomic E-state index is -0.159. The molecule has 1 heterocycles. The number of nitrogens with one attached hydrogen (secondary N) is 1. The molecule has 92 valence electrons. The summed E-state index contributed by atoms with van der Waals surface area (Å²) in [5.41, 5.74) is -0.159. The van der Waals surface area contributed by atoms with Crippen LogP contribution in [0.5, 0.6) is 0 Å². The molecule has 16 heavy (non-hydrogen) atoms. The topological polar surface area (TPSA) is 59.9 Å². The van der Waals surface area contributed by atoms with Crippen LogP contribution in [0.1, 0.15) is 19.9 Å². The second kappa shape index (κ2) is 7.03. The van der Waals surface area contributed by atoms with Crippen molar-refractivity contribution in [1.82, 2.24) is 14.8 Å². The largest absolute Gasteiger partial charge is 0.380 e. The number of nitrogens with zero attached hydrogens (tertiary/aromatic N) is 2. The van der Waals surface area contributed by atoms with E-state index < -0.39 is 0 Å². The van der Waals surface area contributed by atoms with Gasteiger partial charge in [-0.15, -0.1) is 5.10 Å². The van der Waals surface area contributed by atoms with Gasteiger partial charge >= 0.3 is 5.69 Å². The minimum Gasteiger partial charge on any atom is -0.380 e. The van der Waals surface area contributed by atoms with E-state index in [1.807, 2.05) is 13.8 Å². The average molecular weight is 263 g/mol. The summed E-state index contributed by atoms with van der Waals surface area (Å²) < 4.78 is 6.93. The molecule has 7 heteroatoms. The lowest BCUT2D eigenvalue weighted by molar-refractivity contribution is 0.167. The summed E-state index contributed by atoms with van der Waals surface area (Å²) in [7, 11) is 0. The van der Waals surface area contributed by atoms with E-state index >= 15 is 0 Å². The summed E-state index contributed by atoms with van der Waals surface area (Å²) in [6, 6.07) is 0.118. The summed E-state index contributed by atoms with van der Waals surface area (Å²) in [6.07, 6.45) is 0. The number of H-pyrrole nitrogens is 1. The Morgan fingerprint density at radius 2 is 2.31 bits per heavy atom. The Kier molecular flexibility index (Phi) is 6.00. The van der Waals surface area contributed by atoms with Gasteiger partial charge in [0.05, 0.1) is 13.2 Å². The first-order chi connectivity index (χ1) is 7.66. The quantitative estimate of drug-likeness (QED) is 0.441. The molecule has 1 aromatic rings. The molecule has 0 aliphatic heterocycles. The second-order valence-corrected chi connectivity index (χ2v) is 4.97. The molecule has 0 saturated carbocycles. The van der Waals surface area contributed by atoms with Crippen molar-refractivity contribution >= 4 is 24.4 Å². The number of aromatic nitrogens is 3. The van der Waals surface area contributed by atoms with Gasteiger partial charge in [0.2, 0.25) is 0 Å². The van der Waals surface area contributed by atoms with Gasteiger partial charge in [0.25, 0.3) is 0 Å². The lowest BCUT2D eigenvalue weighted by atomic mass is 10.4. The molecule has 0 amide bonds. The van der Waals surface area contributed by atoms with Crippen molar-refractivity contribution < 1.29 is 4.74 Å². The first-order valence-corrected chi connectivity index (χ1v) is 6.77. The third-order valence-electron chi connectivity index (χ3n) is 1.88. The lowest BCUT2D eigenvalue weighted by Crippen LogP contribution is -2.19. The monoisotopic (exact) mass is 263 g/mol. The van der Waals surface area contributed by atoms with Crippen LogP contribution in [0.3, 0.4) is 0 Å². The lowest BCUT2D eigenvalue weighted by Gasteiger charge is -2.08. The van der Waals surface area contributed by atoms with Crippen molar-refractivity contribution in [2.75, 3.05) is 24.7 Å². The molecular formula is C9H17N3O2S2. The fraction of sp³-hybridized carbons (Fsp3) is 0.778. The molecule has 0 spiro atoms. The number of hydrogen-bond acceptors (Lipinski definition) is 5. The van der Waals surface area contributed by atoms with Crippen molar-refractivity contribution in [3.05, 3.63) is 10.5 Å². The Balaban J connectivity index is 2.45. The highest BCUT2D eigenvalue weighted by Crippen LogP contribution is 2.16. The Bertz CT molecular complexity index is 362. The maximum Gasteiger partial charge on any atom is 0.344 e. The van der Waals surface area contributed by atoms with Crippen LogP contribution in [0.4, 0.5) is 0 Å². The zero-order valence-corrected chi connectivity index (χ0v) is 11.2. The summed E-state index contributed by atoms with van der Waals surface area (Å²) >= 11 is 5.56. The molecule has 0 aliphatic carbocycles. The van der Waals surface area contributed by atoms with E-state index in [0.29, 0.717) is 13.2 Å². The van der Waals surface area contributed by atoms with Gasteiger partial charge in [0.1, 0.15) is 0 Å². The standard InChI is InChI=1S/C9H17N3O2S2/c1-7(2)12-8(13)10-11-9(12)16-6-4-14-3-5-15/h7,15H,3-6H2,1-2H3,(H,10,13). The highest BCUT2D eigenvalue weighted by Gasteiger charge is 2.10. The predicted octanol–water partition coefficient (Wildman–Crippen LogP) is 1.19. The number of aromatic amines is 1. The number of rotatable bonds is 7. The van der Waals surface area contributed by atoms with Gasteiger partial charge in [0, 0.05) is 17.5 Å². The van der Waals surface area contributed by atoms with Crippen molar-refractivity contribution in [2.45, 2.75) is 25.0 Å². The van der Waals surface area contributed by atoms with Crippen LogP contribution < -0.4 is 5.69 Å². The van der Waals surface area contributed by atoms with Crippen LogP contribution >= 0.6 is 24.4 Å². The smallest absolute Gasteiger partial charge is 0.344 e. The fourth-order valence-corrected chi connectivity index (χ4v) is 2.26. The molecule has 1 N–H and O–H groups in total. The summed E-state index contributed by atoms with van der Waals surface area (Å²) in [6.45, 7) is 5.21. The first kappa shape index (κ1) is 13.7. The molecule has 0 unspecified atom stereocenters. The Labute approximate surface area is 104 Å². The molecule has 0 fully saturated rings. The van der Waals surface area contributed by atoms with Gasteiger partial charge in [0.15, 0.2) is 5.16 Å². The van der Waals surface area contributed by atoms with Crippen LogP contribution in [-0.4, -0.2) is 39.5 Å². The van der Waals surface area contributed by atoms with E-state index in [1.165, 1.54) is 11.8 Å². The molecule has 5 nitrogen and oxygen atoms in total. The van der Waals surface area contributed by atoms with Crippen molar-refractivity contribution in [3.8, 4) is 0 Å². The first-order valence-electron chi connectivity index (χ1n) is 5.15. The van der Waals surface area contributed by atoms with Crippen LogP contribution in [0, 0.1) is 0 Å². The molecule has 0 saturated heterocycles. The zero-order valence-electron chi connectivity index (χ0n) is 9.47. The average Bonchev–Trinajstić information content (AvgIpc) is 2.59. The summed E-state index contributed by atoms with van der Waals surface area (Å²) in [5, 5.41) is 7.14. The molecule has 0 atom stereocenters. The number of thiol groups is 1. The number of hydrogen-bond donors (Lipinski definition) is 2. The van der Waals surface area contributed by atoms with Gasteiger partial charge in [-0.2, -0.15) is 12.6 Å². The number of ether oxygens (including phenoxy) is 1. The van der Waals surface area contributed by atoms with Crippen LogP contribution in [0.2, 0.25) is 0 Å². The maximum absolute atomic E-state index is 11.4. The van der Waals surface area contributed by atoms with E-state index in [-0.39, 0.29) is 11.7 Å². The van der Waals surface area contributed by atoms with Crippen LogP contribution in [-0.2, 0) is 4.74 Å². The molecule has 1 aromatic heterocycles. The number of thioether (sulfide) groups is 1. The fourth-order valence-electron chi connectivity index (χ4n) is 1.21. The SMILES string of the molecule is CC(C)n1c(SCCOCCS)n[nH]c1=O. The normalized spacial score (nSPS) is 11.2. The second-order valence-electron chi connectivity index (χ2n) is 3.46. The molecule has 0 aliphatic rings. The van der Waals surface area contributed by atoms with E-state index in [4.69, 9.17) is 4.74 Å². The molecule has 0 aromatic carbocycles. The summed E-state index contributed by atoms with van der Waals surface area (Å²) in [4.78, 5) is 11.4. The third-order valence-corrected chi connectivity index (χ3v) is 2.98. The van der Waals surface area contributed by atoms with Crippen LogP contribution in [0.15, 0.2) is 9.95 Å². The summed E-state index contributed by atoms with van der Waals surface area (Å²) in [5.74, 6) is 1.51. The van der Waals surface area contributed by atoms with Crippen molar-refractivity contribution in [1.29, 1.82) is 0 Å². The highest BCUT2D eigenvalue weighted by molar-refractivity contribution is 7.99. The highest BCUT2D eigenvalue weighted by atomic mass is 32.2. The van der Waals surface area contributed by atoms with E-state index in [1.54, 1.807) is 4.57 Å². The van der Waals surface area contributed by atoms with E-state index in [9.17, 15) is 4.79 Å². The van der Waals surface area contributed by atoms with Crippen LogP contribution in [0.25, 0.3) is 0 Å². The van der Waals surface area contributed by atoms with E-state index in [0.717, 1.165) is 16.7 Å². The maximum atomic E-state index is 11.4. The van der Waals surface area contributed by atoms with E-state index in [2.05, 4.69) is 22.8 Å². The molecule has 1 rings (SSSR count). The van der Waals surface area contributed by atoms with Crippen molar-refractivity contribution in [3.63, 3.8) is 0 Å².